The zero-order valence-corrected chi connectivity index (χ0v) is 19.4. The molecule has 10 nitrogen and oxygen atoms in total. The molecule has 1 fully saturated rings. The van der Waals surface area contributed by atoms with Gasteiger partial charge in [-0.2, -0.15) is 9.61 Å². The monoisotopic (exact) mass is 489 g/mol. The number of aliphatic hydroxyl groups excluding tert-OH is 1. The molecule has 5 heterocycles. The number of aromatic nitrogens is 4. The van der Waals surface area contributed by atoms with E-state index in [1.807, 2.05) is 6.07 Å². The number of amides is 2. The van der Waals surface area contributed by atoms with Crippen molar-refractivity contribution in [1.29, 1.82) is 0 Å². The first-order valence-corrected chi connectivity index (χ1v) is 11.9. The van der Waals surface area contributed by atoms with Crippen LogP contribution >= 0.6 is 0 Å². The van der Waals surface area contributed by atoms with E-state index < -0.39 is 6.61 Å². The lowest BCUT2D eigenvalue weighted by molar-refractivity contribution is -0.135. The fraction of sp³-hybridized carbons (Fsp3) is 0.320. The number of nitrogen functional groups attached to an aromatic ring is 1. The summed E-state index contributed by atoms with van der Waals surface area (Å²) in [5, 5.41) is 14.3. The number of hydrogen-bond acceptors (Lipinski definition) is 7. The standard InChI is InChI=1S/C25H24FN7O3/c26-16-1-3-20-14(10-16)9-15(11-28-20)19-12-29-33-23(27)18-2-4-21(35)32(24(18)30-25(19)33)17-5-7-31(8-6-17)22(36)13-34/h1,3,9-12,17,34H,2,4-8,13,27H2. The van der Waals surface area contributed by atoms with E-state index in [0.29, 0.717) is 78.1 Å². The van der Waals surface area contributed by atoms with Gasteiger partial charge in [-0.3, -0.25) is 19.5 Å². The number of halogens is 1. The summed E-state index contributed by atoms with van der Waals surface area (Å²) in [7, 11) is 0. The van der Waals surface area contributed by atoms with Crippen molar-refractivity contribution < 1.29 is 19.1 Å². The fourth-order valence-corrected chi connectivity index (χ4v) is 5.25. The highest BCUT2D eigenvalue weighted by Crippen LogP contribution is 2.37. The maximum atomic E-state index is 13.8. The first-order valence-electron chi connectivity index (χ1n) is 11.9. The molecule has 4 aromatic rings. The van der Waals surface area contributed by atoms with Crippen LogP contribution in [-0.2, 0) is 16.0 Å². The second-order valence-electron chi connectivity index (χ2n) is 9.19. The van der Waals surface area contributed by atoms with E-state index in [-0.39, 0.29) is 23.7 Å². The molecule has 3 N–H and O–H groups in total. The Balaban J connectivity index is 1.42. The van der Waals surface area contributed by atoms with Crippen LogP contribution in [0.5, 0.6) is 0 Å². The van der Waals surface area contributed by atoms with E-state index in [1.165, 1.54) is 12.1 Å². The van der Waals surface area contributed by atoms with Gasteiger partial charge in [0.15, 0.2) is 5.65 Å². The van der Waals surface area contributed by atoms with Crippen LogP contribution in [0.3, 0.4) is 0 Å². The lowest BCUT2D eigenvalue weighted by Gasteiger charge is -2.40. The van der Waals surface area contributed by atoms with Crippen LogP contribution in [0.15, 0.2) is 36.7 Å². The molecular weight excluding hydrogens is 465 g/mol. The van der Waals surface area contributed by atoms with E-state index in [1.54, 1.807) is 32.8 Å². The third-order valence-electron chi connectivity index (χ3n) is 7.12. The first-order chi connectivity index (χ1) is 17.4. The van der Waals surface area contributed by atoms with Gasteiger partial charge in [0.1, 0.15) is 24.1 Å². The quantitative estimate of drug-likeness (QED) is 0.450. The molecule has 1 aromatic carbocycles. The van der Waals surface area contributed by atoms with Gasteiger partial charge in [0.25, 0.3) is 0 Å². The molecule has 3 aromatic heterocycles. The zero-order chi connectivity index (χ0) is 25.0. The zero-order valence-electron chi connectivity index (χ0n) is 19.4. The molecule has 0 saturated carbocycles. The van der Waals surface area contributed by atoms with Crippen molar-refractivity contribution in [3.63, 3.8) is 0 Å². The first kappa shape index (κ1) is 22.4. The largest absolute Gasteiger partial charge is 0.387 e. The number of fused-ring (bicyclic) bond motifs is 3. The smallest absolute Gasteiger partial charge is 0.248 e. The Morgan fingerprint density at radius 1 is 1.17 bits per heavy atom. The molecule has 0 aliphatic carbocycles. The van der Waals surface area contributed by atoms with Crippen LogP contribution in [0.1, 0.15) is 24.8 Å². The van der Waals surface area contributed by atoms with E-state index in [4.69, 9.17) is 15.8 Å². The van der Waals surface area contributed by atoms with Gasteiger partial charge in [-0.05, 0) is 43.5 Å². The third-order valence-corrected chi connectivity index (χ3v) is 7.12. The van der Waals surface area contributed by atoms with Crippen LogP contribution in [-0.4, -0.2) is 67.1 Å². The normalized spacial score (nSPS) is 16.7. The predicted octanol–water partition coefficient (Wildman–Crippen LogP) is 1.93. The maximum absolute atomic E-state index is 13.8. The number of piperidine rings is 1. The predicted molar refractivity (Wildman–Crippen MR) is 131 cm³/mol. The molecule has 0 atom stereocenters. The van der Waals surface area contributed by atoms with E-state index in [2.05, 4.69) is 10.1 Å². The van der Waals surface area contributed by atoms with E-state index >= 15 is 0 Å². The lowest BCUT2D eigenvalue weighted by atomic mass is 9.97. The van der Waals surface area contributed by atoms with Crippen LogP contribution in [0.2, 0.25) is 0 Å². The summed E-state index contributed by atoms with van der Waals surface area (Å²) in [5.74, 6) is 0.250. The number of likely N-dealkylation sites (tertiary alicyclic amines) is 1. The molecule has 6 rings (SSSR count). The third kappa shape index (κ3) is 3.54. The van der Waals surface area contributed by atoms with Crippen molar-refractivity contribution in [2.24, 2.45) is 0 Å². The number of benzene rings is 1. The minimum Gasteiger partial charge on any atom is -0.387 e. The summed E-state index contributed by atoms with van der Waals surface area (Å²) in [6.45, 7) is 0.392. The van der Waals surface area contributed by atoms with Gasteiger partial charge in [0, 0.05) is 53.8 Å². The highest BCUT2D eigenvalue weighted by molar-refractivity contribution is 5.98. The van der Waals surface area contributed by atoms with Crippen molar-refractivity contribution >= 4 is 40.0 Å². The van der Waals surface area contributed by atoms with Crippen LogP contribution in [0.25, 0.3) is 27.7 Å². The molecule has 184 valence electrons. The van der Waals surface area contributed by atoms with Crippen molar-refractivity contribution in [2.75, 3.05) is 30.3 Å². The second-order valence-corrected chi connectivity index (χ2v) is 9.19. The maximum Gasteiger partial charge on any atom is 0.248 e. The Morgan fingerprint density at radius 3 is 2.75 bits per heavy atom. The van der Waals surface area contributed by atoms with E-state index in [9.17, 15) is 14.0 Å². The van der Waals surface area contributed by atoms with Gasteiger partial charge in [-0.25, -0.2) is 9.37 Å². The second kappa shape index (κ2) is 8.52. The molecule has 0 bridgehead atoms. The van der Waals surface area contributed by atoms with Crippen LogP contribution < -0.4 is 10.6 Å². The number of hydrogen-bond donors (Lipinski definition) is 2. The lowest BCUT2D eigenvalue weighted by Crippen LogP contribution is -2.51. The van der Waals surface area contributed by atoms with Crippen molar-refractivity contribution in [3.05, 3.63) is 48.0 Å². The van der Waals surface area contributed by atoms with Crippen LogP contribution in [0.4, 0.5) is 16.0 Å². The van der Waals surface area contributed by atoms with Gasteiger partial charge in [-0.1, -0.05) is 0 Å². The minimum atomic E-state index is -0.521. The number of pyridine rings is 1. The SMILES string of the molecule is Nc1c2c(nc3c(-c4cnc5ccc(F)cc5c4)cnn13)N(C1CCN(C(=O)CO)CC1)C(=O)CC2. The number of aliphatic hydroxyl groups is 1. The number of carbonyl (C=O) groups excluding carboxylic acids is 2. The van der Waals surface area contributed by atoms with Gasteiger partial charge in [0.2, 0.25) is 11.8 Å². The molecule has 2 aliphatic heterocycles. The Labute approximate surface area is 205 Å². The molecule has 0 spiro atoms. The Hall–Kier alpha value is -4.12. The molecule has 1 saturated heterocycles. The average molecular weight is 490 g/mol. The molecule has 36 heavy (non-hydrogen) atoms. The van der Waals surface area contributed by atoms with E-state index in [0.717, 1.165) is 5.56 Å². The number of anilines is 2. The van der Waals surface area contributed by atoms with Gasteiger partial charge >= 0.3 is 0 Å². The topological polar surface area (TPSA) is 130 Å². The van der Waals surface area contributed by atoms with Crippen molar-refractivity contribution in [2.45, 2.75) is 31.7 Å². The molecular formula is C25H24FN7O3. The molecule has 0 unspecified atom stereocenters. The average Bonchev–Trinajstić information content (AvgIpc) is 3.32. The summed E-state index contributed by atoms with van der Waals surface area (Å²) in [4.78, 5) is 37.7. The Morgan fingerprint density at radius 2 is 1.97 bits per heavy atom. The number of nitrogens with zero attached hydrogens (tertiary/aromatic N) is 6. The number of carbonyl (C=O) groups is 2. The summed E-state index contributed by atoms with van der Waals surface area (Å²) in [6, 6.07) is 6.12. The molecule has 11 heteroatoms. The fourth-order valence-electron chi connectivity index (χ4n) is 5.25. The highest BCUT2D eigenvalue weighted by atomic mass is 19.1. The van der Waals surface area contributed by atoms with Crippen molar-refractivity contribution in [3.8, 4) is 11.1 Å². The number of nitrogens with two attached hydrogens (primary N) is 1. The number of rotatable bonds is 3. The summed E-state index contributed by atoms with van der Waals surface area (Å²) >= 11 is 0. The molecule has 0 radical (unpaired) electrons. The summed E-state index contributed by atoms with van der Waals surface area (Å²) in [5.41, 5.74) is 9.84. The van der Waals surface area contributed by atoms with Crippen LogP contribution in [0, 0.1) is 5.82 Å². The highest BCUT2D eigenvalue weighted by Gasteiger charge is 2.36. The minimum absolute atomic E-state index is 0.0328. The van der Waals surface area contributed by atoms with Gasteiger partial charge in [0.05, 0.1) is 11.7 Å². The summed E-state index contributed by atoms with van der Waals surface area (Å²) in [6.07, 6.45) is 5.27. The Bertz CT molecular complexity index is 1530. The molecule has 2 aliphatic rings. The molecule has 2 amide bonds. The summed E-state index contributed by atoms with van der Waals surface area (Å²) < 4.78 is 15.4. The van der Waals surface area contributed by atoms with Crippen molar-refractivity contribution in [1.82, 2.24) is 24.5 Å². The van der Waals surface area contributed by atoms with Gasteiger partial charge < -0.3 is 15.7 Å². The van der Waals surface area contributed by atoms with Gasteiger partial charge in [-0.15, -0.1) is 0 Å². The Kier molecular flexibility index (Phi) is 5.29.